The van der Waals surface area contributed by atoms with Crippen LogP contribution < -0.4 is 5.56 Å². The number of hydrogen-bond donors (Lipinski definition) is 1. The van der Waals surface area contributed by atoms with Crippen LogP contribution in [0.2, 0.25) is 0 Å². The first-order valence-corrected chi connectivity index (χ1v) is 8.99. The Kier molecular flexibility index (Phi) is 2.88. The molecule has 1 fully saturated rings. The van der Waals surface area contributed by atoms with Crippen LogP contribution in [-0.4, -0.2) is 19.6 Å². The Bertz CT molecular complexity index is 946. The predicted molar refractivity (Wildman–Crippen MR) is 88.9 cm³/mol. The van der Waals surface area contributed by atoms with E-state index in [0.717, 1.165) is 28.6 Å². The number of hydrogen-bond acceptors (Lipinski definition) is 4. The van der Waals surface area contributed by atoms with Crippen molar-refractivity contribution in [3.05, 3.63) is 57.5 Å². The summed E-state index contributed by atoms with van der Waals surface area (Å²) in [6, 6.07) is 10.2. The van der Waals surface area contributed by atoms with Crippen LogP contribution in [-0.2, 0) is 5.75 Å². The first kappa shape index (κ1) is 13.4. The van der Waals surface area contributed by atoms with Gasteiger partial charge in [0, 0.05) is 17.2 Å². The van der Waals surface area contributed by atoms with Gasteiger partial charge in [-0.1, -0.05) is 48.5 Å². The summed E-state index contributed by atoms with van der Waals surface area (Å²) in [7, 11) is 0. The summed E-state index contributed by atoms with van der Waals surface area (Å²) in [6.45, 7) is 0. The highest BCUT2D eigenvalue weighted by molar-refractivity contribution is 7.98. The zero-order chi connectivity index (χ0) is 15.4. The van der Waals surface area contributed by atoms with Crippen molar-refractivity contribution in [2.75, 3.05) is 0 Å². The second kappa shape index (κ2) is 4.96. The molecule has 2 aliphatic rings. The molecule has 0 saturated heterocycles. The lowest BCUT2D eigenvalue weighted by Crippen LogP contribution is -2.34. The van der Waals surface area contributed by atoms with Gasteiger partial charge in [-0.2, -0.15) is 9.50 Å². The van der Waals surface area contributed by atoms with Gasteiger partial charge in [-0.25, -0.2) is 4.98 Å². The van der Waals surface area contributed by atoms with Crippen LogP contribution >= 0.6 is 11.8 Å². The van der Waals surface area contributed by atoms with Crippen LogP contribution in [0.15, 0.2) is 40.3 Å². The van der Waals surface area contributed by atoms with Crippen LogP contribution in [0.5, 0.6) is 0 Å². The first-order chi connectivity index (χ1) is 11.3. The zero-order valence-electron chi connectivity index (χ0n) is 12.5. The number of thioether (sulfide) groups is 1. The molecule has 5 rings (SSSR count). The second-order valence-electron chi connectivity index (χ2n) is 6.30. The van der Waals surface area contributed by atoms with Crippen molar-refractivity contribution < 1.29 is 0 Å². The van der Waals surface area contributed by atoms with Crippen LogP contribution in [0.3, 0.4) is 0 Å². The van der Waals surface area contributed by atoms with Crippen molar-refractivity contribution in [1.82, 2.24) is 19.6 Å². The summed E-state index contributed by atoms with van der Waals surface area (Å²) in [5.41, 5.74) is 3.21. The quantitative estimate of drug-likeness (QED) is 0.752. The van der Waals surface area contributed by atoms with Crippen molar-refractivity contribution in [2.24, 2.45) is 0 Å². The molecular formula is C17H16N4OS. The summed E-state index contributed by atoms with van der Waals surface area (Å²) >= 11 is 1.60. The normalized spacial score (nSPS) is 21.9. The van der Waals surface area contributed by atoms with E-state index in [9.17, 15) is 4.79 Å². The Morgan fingerprint density at radius 3 is 2.87 bits per heavy atom. The molecule has 1 N–H and O–H groups in total. The number of benzene rings is 1. The fourth-order valence-corrected chi connectivity index (χ4v) is 4.68. The van der Waals surface area contributed by atoms with Gasteiger partial charge >= 0.3 is 0 Å². The van der Waals surface area contributed by atoms with Gasteiger partial charge in [-0.05, 0) is 24.3 Å². The molecule has 23 heavy (non-hydrogen) atoms. The first-order valence-electron chi connectivity index (χ1n) is 8.00. The topological polar surface area (TPSA) is 63.0 Å². The van der Waals surface area contributed by atoms with Crippen LogP contribution in [0.1, 0.15) is 47.9 Å². The number of nitrogens with zero attached hydrogens (tertiary/aromatic N) is 3. The summed E-state index contributed by atoms with van der Waals surface area (Å²) in [4.78, 5) is 21.8. The van der Waals surface area contributed by atoms with Gasteiger partial charge in [-0.3, -0.25) is 9.89 Å². The van der Waals surface area contributed by atoms with Gasteiger partial charge in [-0.15, -0.1) is 0 Å². The van der Waals surface area contributed by atoms with Crippen LogP contribution in [0, 0.1) is 0 Å². The highest BCUT2D eigenvalue weighted by Crippen LogP contribution is 2.54. The van der Waals surface area contributed by atoms with E-state index in [0.29, 0.717) is 17.6 Å². The molecule has 0 amide bonds. The van der Waals surface area contributed by atoms with Crippen molar-refractivity contribution in [3.63, 3.8) is 0 Å². The molecule has 2 aliphatic carbocycles. The molecule has 1 aromatic carbocycles. The third-order valence-electron chi connectivity index (χ3n) is 5.00. The Hall–Kier alpha value is -2.08. The number of rotatable bonds is 3. The minimum absolute atomic E-state index is 0.0483. The smallest absolute Gasteiger partial charge is 0.267 e. The Morgan fingerprint density at radius 2 is 2.00 bits per heavy atom. The van der Waals surface area contributed by atoms with Gasteiger partial charge in [0.25, 0.3) is 11.3 Å². The van der Waals surface area contributed by atoms with Crippen molar-refractivity contribution in [2.45, 2.75) is 42.0 Å². The number of aromatic nitrogens is 4. The SMILES string of the molecule is O=c1c2c(nc3nc(SCc4ccccc4)[nH]n13)C1CCCC21. The molecule has 0 bridgehead atoms. The molecular weight excluding hydrogens is 308 g/mol. The van der Waals surface area contributed by atoms with E-state index in [4.69, 9.17) is 0 Å². The highest BCUT2D eigenvalue weighted by atomic mass is 32.2. The predicted octanol–water partition coefficient (Wildman–Crippen LogP) is 3.07. The molecule has 0 aliphatic heterocycles. The molecule has 2 aromatic heterocycles. The average molecular weight is 324 g/mol. The van der Waals surface area contributed by atoms with E-state index in [1.165, 1.54) is 22.9 Å². The molecule has 2 unspecified atom stereocenters. The van der Waals surface area contributed by atoms with E-state index < -0.39 is 0 Å². The monoisotopic (exact) mass is 324 g/mol. The van der Waals surface area contributed by atoms with Gasteiger partial charge in [0.1, 0.15) is 0 Å². The maximum absolute atomic E-state index is 12.7. The maximum atomic E-state index is 12.7. The average Bonchev–Trinajstić information content (AvgIpc) is 3.16. The van der Waals surface area contributed by atoms with E-state index in [-0.39, 0.29) is 5.56 Å². The maximum Gasteiger partial charge on any atom is 0.277 e. The van der Waals surface area contributed by atoms with Gasteiger partial charge in [0.15, 0.2) is 5.16 Å². The number of fused-ring (bicyclic) bond motifs is 5. The fourth-order valence-electron chi connectivity index (χ4n) is 3.88. The number of nitrogens with one attached hydrogen (secondary N) is 1. The molecule has 2 heterocycles. The molecule has 116 valence electrons. The molecule has 3 aromatic rings. The Labute approximate surface area is 137 Å². The lowest BCUT2D eigenvalue weighted by atomic mass is 9.74. The lowest BCUT2D eigenvalue weighted by molar-refractivity contribution is 0.507. The summed E-state index contributed by atoms with van der Waals surface area (Å²) < 4.78 is 1.51. The molecule has 2 atom stereocenters. The third-order valence-corrected chi connectivity index (χ3v) is 5.93. The summed E-state index contributed by atoms with van der Waals surface area (Å²) in [6.07, 6.45) is 3.50. The van der Waals surface area contributed by atoms with Crippen LogP contribution in [0.25, 0.3) is 5.78 Å². The van der Waals surface area contributed by atoms with Gasteiger partial charge in [0.05, 0.1) is 5.69 Å². The van der Waals surface area contributed by atoms with E-state index >= 15 is 0 Å². The van der Waals surface area contributed by atoms with Gasteiger partial charge in [0.2, 0.25) is 0 Å². The van der Waals surface area contributed by atoms with Crippen molar-refractivity contribution in [3.8, 4) is 0 Å². The van der Waals surface area contributed by atoms with E-state index in [1.54, 1.807) is 11.8 Å². The van der Waals surface area contributed by atoms with Crippen molar-refractivity contribution in [1.29, 1.82) is 0 Å². The minimum Gasteiger partial charge on any atom is -0.267 e. The molecule has 0 radical (unpaired) electrons. The fraction of sp³-hybridized carbons (Fsp3) is 0.353. The summed E-state index contributed by atoms with van der Waals surface area (Å²) in [5, 5.41) is 3.85. The third kappa shape index (κ3) is 1.97. The van der Waals surface area contributed by atoms with Crippen molar-refractivity contribution >= 4 is 17.5 Å². The lowest BCUT2D eigenvalue weighted by Gasteiger charge is -2.31. The number of H-pyrrole nitrogens is 1. The summed E-state index contributed by atoms with van der Waals surface area (Å²) in [5.74, 6) is 2.26. The second-order valence-corrected chi connectivity index (χ2v) is 7.26. The number of aromatic amines is 1. The standard InChI is InChI=1S/C17H16N4OS/c22-15-13-11-7-4-8-12(11)14(13)18-16-19-17(20-21(15)16)23-9-10-5-2-1-3-6-10/h1-3,5-6,11-12H,4,7-9H2,(H,18,19,20). The Balaban J connectivity index is 1.49. The molecule has 1 saturated carbocycles. The Morgan fingerprint density at radius 1 is 1.17 bits per heavy atom. The zero-order valence-corrected chi connectivity index (χ0v) is 13.3. The highest BCUT2D eigenvalue weighted by Gasteiger charge is 2.45. The molecule has 0 spiro atoms. The van der Waals surface area contributed by atoms with Crippen LogP contribution in [0.4, 0.5) is 0 Å². The molecule has 6 heteroatoms. The van der Waals surface area contributed by atoms with E-state index in [1.807, 2.05) is 18.2 Å². The van der Waals surface area contributed by atoms with E-state index in [2.05, 4.69) is 27.2 Å². The minimum atomic E-state index is 0.0483. The van der Waals surface area contributed by atoms with Gasteiger partial charge < -0.3 is 0 Å². The largest absolute Gasteiger partial charge is 0.277 e. The molecule has 5 nitrogen and oxygen atoms in total.